The number of aliphatic hydroxyl groups excluding tert-OH is 1. The number of likely N-dealkylation sites (N-methyl/N-ethyl adjacent to an activating group) is 1. The molecule has 0 heterocycles. The molecular formula is C13H19ClN2O5S. The Labute approximate surface area is 134 Å². The molecule has 1 amide bonds. The zero-order chi connectivity index (χ0) is 16.8. The fourth-order valence-corrected chi connectivity index (χ4v) is 2.80. The molecule has 0 bridgehead atoms. The maximum Gasteiger partial charge on any atom is 0.259 e. The van der Waals surface area contributed by atoms with E-state index in [2.05, 4.69) is 4.72 Å². The summed E-state index contributed by atoms with van der Waals surface area (Å²) in [5.74, 6) is -0.00962. The number of sulfonamides is 1. The third-order valence-electron chi connectivity index (χ3n) is 2.69. The van der Waals surface area contributed by atoms with Gasteiger partial charge in [0.05, 0.1) is 9.92 Å². The number of aliphatic hydroxyl groups is 1. The summed E-state index contributed by atoms with van der Waals surface area (Å²) in [5.41, 5.74) is 0. The van der Waals surface area contributed by atoms with Crippen LogP contribution in [0.4, 0.5) is 0 Å². The van der Waals surface area contributed by atoms with Crippen molar-refractivity contribution >= 4 is 27.5 Å². The van der Waals surface area contributed by atoms with Gasteiger partial charge >= 0.3 is 0 Å². The van der Waals surface area contributed by atoms with Crippen molar-refractivity contribution in [3.63, 3.8) is 0 Å². The number of amides is 1. The number of ether oxygens (including phenoxy) is 1. The van der Waals surface area contributed by atoms with Crippen molar-refractivity contribution in [2.45, 2.75) is 11.3 Å². The van der Waals surface area contributed by atoms with Crippen LogP contribution in [0.2, 0.25) is 5.02 Å². The van der Waals surface area contributed by atoms with Crippen LogP contribution in [0.15, 0.2) is 23.1 Å². The molecule has 0 saturated carbocycles. The summed E-state index contributed by atoms with van der Waals surface area (Å²) >= 11 is 5.98. The van der Waals surface area contributed by atoms with Gasteiger partial charge in [-0.15, -0.1) is 0 Å². The minimum absolute atomic E-state index is 0.0123. The van der Waals surface area contributed by atoms with Gasteiger partial charge in [0.15, 0.2) is 6.61 Å². The van der Waals surface area contributed by atoms with Crippen LogP contribution < -0.4 is 9.46 Å². The second-order valence-electron chi connectivity index (χ2n) is 4.64. The van der Waals surface area contributed by atoms with Crippen LogP contribution in [0.3, 0.4) is 0 Å². The fraction of sp³-hybridized carbons (Fsp3) is 0.462. The lowest BCUT2D eigenvalue weighted by atomic mass is 10.3. The van der Waals surface area contributed by atoms with Gasteiger partial charge in [-0.2, -0.15) is 0 Å². The summed E-state index contributed by atoms with van der Waals surface area (Å²) in [5, 5.41) is 8.75. The van der Waals surface area contributed by atoms with E-state index in [9.17, 15) is 13.2 Å². The lowest BCUT2D eigenvalue weighted by Crippen LogP contribution is -2.27. The molecule has 124 valence electrons. The zero-order valence-electron chi connectivity index (χ0n) is 12.4. The topological polar surface area (TPSA) is 95.9 Å². The van der Waals surface area contributed by atoms with Crippen molar-refractivity contribution in [3.8, 4) is 5.75 Å². The van der Waals surface area contributed by atoms with Crippen LogP contribution in [0.1, 0.15) is 6.42 Å². The first-order valence-corrected chi connectivity index (χ1v) is 8.37. The van der Waals surface area contributed by atoms with Gasteiger partial charge in [0.2, 0.25) is 10.0 Å². The molecule has 0 aromatic heterocycles. The highest BCUT2D eigenvalue weighted by Gasteiger charge is 2.16. The lowest BCUT2D eigenvalue weighted by molar-refractivity contribution is -0.130. The number of nitrogens with one attached hydrogen (secondary N) is 1. The van der Waals surface area contributed by atoms with Crippen molar-refractivity contribution in [1.82, 2.24) is 9.62 Å². The van der Waals surface area contributed by atoms with E-state index in [0.717, 1.165) is 0 Å². The first-order valence-electron chi connectivity index (χ1n) is 6.51. The third-order valence-corrected chi connectivity index (χ3v) is 4.44. The molecule has 0 unspecified atom stereocenters. The maximum atomic E-state index is 12.0. The molecule has 22 heavy (non-hydrogen) atoms. The van der Waals surface area contributed by atoms with Gasteiger partial charge in [-0.25, -0.2) is 13.1 Å². The van der Waals surface area contributed by atoms with Crippen molar-refractivity contribution < 1.29 is 23.1 Å². The zero-order valence-corrected chi connectivity index (χ0v) is 13.9. The van der Waals surface area contributed by atoms with Crippen LogP contribution in [0.5, 0.6) is 5.75 Å². The van der Waals surface area contributed by atoms with E-state index in [-0.39, 0.29) is 41.3 Å². The lowest BCUT2D eigenvalue weighted by Gasteiger charge is -2.13. The van der Waals surface area contributed by atoms with Gasteiger partial charge in [0.25, 0.3) is 5.91 Å². The summed E-state index contributed by atoms with van der Waals surface area (Å²) in [6.45, 7) is -0.157. The Morgan fingerprint density at radius 1 is 1.41 bits per heavy atom. The molecule has 7 nitrogen and oxygen atoms in total. The van der Waals surface area contributed by atoms with E-state index in [1.54, 1.807) is 14.1 Å². The normalized spacial score (nSPS) is 11.3. The predicted molar refractivity (Wildman–Crippen MR) is 82.5 cm³/mol. The molecule has 0 spiro atoms. The molecule has 1 rings (SSSR count). The van der Waals surface area contributed by atoms with Gasteiger partial charge in [0.1, 0.15) is 5.75 Å². The Hall–Kier alpha value is -1.35. The van der Waals surface area contributed by atoms with E-state index in [1.165, 1.54) is 23.1 Å². The van der Waals surface area contributed by atoms with Gasteiger partial charge < -0.3 is 14.7 Å². The minimum Gasteiger partial charge on any atom is -0.482 e. The molecular weight excluding hydrogens is 332 g/mol. The quantitative estimate of drug-likeness (QED) is 0.664. The highest BCUT2D eigenvalue weighted by atomic mass is 35.5. The van der Waals surface area contributed by atoms with Gasteiger partial charge in [-0.1, -0.05) is 11.6 Å². The molecule has 2 N–H and O–H groups in total. The molecule has 9 heteroatoms. The Bertz CT molecular complexity index is 619. The molecule has 0 aliphatic carbocycles. The number of hydrogen-bond donors (Lipinski definition) is 2. The SMILES string of the molecule is CN(C)C(=O)COc1ccc(S(=O)(=O)NCCCO)cc1Cl. The molecule has 0 aliphatic rings. The van der Waals surface area contributed by atoms with Crippen molar-refractivity contribution in [2.75, 3.05) is 33.9 Å². The monoisotopic (exact) mass is 350 g/mol. The largest absolute Gasteiger partial charge is 0.482 e. The molecule has 0 atom stereocenters. The van der Waals surface area contributed by atoms with E-state index >= 15 is 0 Å². The van der Waals surface area contributed by atoms with Gasteiger partial charge in [-0.05, 0) is 24.6 Å². The number of nitrogens with zero attached hydrogens (tertiary/aromatic N) is 1. The van der Waals surface area contributed by atoms with Gasteiger partial charge in [0, 0.05) is 27.2 Å². The average Bonchev–Trinajstić information content (AvgIpc) is 2.45. The summed E-state index contributed by atoms with van der Waals surface area (Å²) < 4.78 is 31.5. The highest BCUT2D eigenvalue weighted by molar-refractivity contribution is 7.89. The Kier molecular flexibility index (Phi) is 7.08. The summed E-state index contributed by atoms with van der Waals surface area (Å²) in [7, 11) is -0.496. The Morgan fingerprint density at radius 2 is 2.09 bits per heavy atom. The van der Waals surface area contributed by atoms with Crippen molar-refractivity contribution in [3.05, 3.63) is 23.2 Å². The van der Waals surface area contributed by atoms with E-state index in [1.807, 2.05) is 0 Å². The number of benzene rings is 1. The maximum absolute atomic E-state index is 12.0. The molecule has 1 aromatic carbocycles. The molecule has 0 saturated heterocycles. The number of carbonyl (C=O) groups is 1. The van der Waals surface area contributed by atoms with E-state index in [4.69, 9.17) is 21.4 Å². The third kappa shape index (κ3) is 5.45. The second-order valence-corrected chi connectivity index (χ2v) is 6.82. The molecule has 0 radical (unpaired) electrons. The molecule has 0 fully saturated rings. The molecule has 1 aromatic rings. The van der Waals surface area contributed by atoms with E-state index < -0.39 is 10.0 Å². The minimum atomic E-state index is -3.69. The summed E-state index contributed by atoms with van der Waals surface area (Å²) in [4.78, 5) is 12.8. The fourth-order valence-electron chi connectivity index (χ4n) is 1.40. The number of hydrogen-bond acceptors (Lipinski definition) is 5. The van der Waals surface area contributed by atoms with E-state index in [0.29, 0.717) is 6.42 Å². The van der Waals surface area contributed by atoms with Crippen molar-refractivity contribution in [2.24, 2.45) is 0 Å². The predicted octanol–water partition coefficient (Wildman–Crippen LogP) is 0.468. The number of halogens is 1. The highest BCUT2D eigenvalue weighted by Crippen LogP contribution is 2.27. The molecule has 0 aliphatic heterocycles. The number of carbonyl (C=O) groups excluding carboxylic acids is 1. The van der Waals surface area contributed by atoms with Crippen LogP contribution in [0, 0.1) is 0 Å². The smallest absolute Gasteiger partial charge is 0.259 e. The van der Waals surface area contributed by atoms with Crippen LogP contribution in [-0.4, -0.2) is 58.2 Å². The van der Waals surface area contributed by atoms with Gasteiger partial charge in [-0.3, -0.25) is 4.79 Å². The summed E-state index contributed by atoms with van der Waals surface area (Å²) in [6.07, 6.45) is 0.320. The Morgan fingerprint density at radius 3 is 2.64 bits per heavy atom. The standard InChI is InChI=1S/C13H19ClN2O5S/c1-16(2)13(18)9-21-12-5-4-10(8-11(12)14)22(19,20)15-6-3-7-17/h4-5,8,15,17H,3,6-7,9H2,1-2H3. The van der Waals surface area contributed by atoms with Crippen LogP contribution in [0.25, 0.3) is 0 Å². The van der Waals surface area contributed by atoms with Crippen LogP contribution in [-0.2, 0) is 14.8 Å². The average molecular weight is 351 g/mol. The summed E-state index contributed by atoms with van der Waals surface area (Å²) in [6, 6.07) is 3.98. The Balaban J connectivity index is 2.78. The number of rotatable bonds is 8. The first-order chi connectivity index (χ1) is 10.3. The first kappa shape index (κ1) is 18.7. The second kappa shape index (κ2) is 8.33. The van der Waals surface area contributed by atoms with Crippen LogP contribution >= 0.6 is 11.6 Å². The van der Waals surface area contributed by atoms with Crippen molar-refractivity contribution in [1.29, 1.82) is 0 Å².